The molecule has 0 radical (unpaired) electrons. The van der Waals surface area contributed by atoms with Crippen LogP contribution in [0.2, 0.25) is 0 Å². The summed E-state index contributed by atoms with van der Waals surface area (Å²) in [5.74, 6) is -0.953. The number of hydrogen-bond donors (Lipinski definition) is 1. The van der Waals surface area contributed by atoms with E-state index in [1.807, 2.05) is 0 Å². The molecule has 0 saturated carbocycles. The summed E-state index contributed by atoms with van der Waals surface area (Å²) in [6.45, 7) is 3.50. The van der Waals surface area contributed by atoms with Gasteiger partial charge in [0.25, 0.3) is 0 Å². The molecule has 0 aliphatic carbocycles. The van der Waals surface area contributed by atoms with Crippen molar-refractivity contribution in [1.82, 2.24) is 23.9 Å². The number of carboxylic acids is 1. The fourth-order valence-corrected chi connectivity index (χ4v) is 4.18. The highest BCUT2D eigenvalue weighted by atomic mass is 19.4. The van der Waals surface area contributed by atoms with Gasteiger partial charge in [-0.3, -0.25) is 0 Å². The topological polar surface area (TPSA) is 94.9 Å². The summed E-state index contributed by atoms with van der Waals surface area (Å²) in [5, 5.41) is 13.9. The van der Waals surface area contributed by atoms with Gasteiger partial charge in [0.15, 0.2) is 0 Å². The first-order valence-electron chi connectivity index (χ1n) is 10.0. The fraction of sp³-hybridized carbons (Fsp3) is 0.273. The molecular weight excluding hydrogens is 439 g/mol. The van der Waals surface area contributed by atoms with Gasteiger partial charge in [0.05, 0.1) is 16.9 Å². The molecule has 0 spiro atoms. The minimum Gasteiger partial charge on any atom is -0.478 e. The van der Waals surface area contributed by atoms with Gasteiger partial charge < -0.3 is 9.67 Å². The van der Waals surface area contributed by atoms with Gasteiger partial charge in [0, 0.05) is 19.5 Å². The standard InChI is InChI=1S/C22H20F3N5O3/c1-5-14-17-15(20(31)32)10-16(22(23,24)25)26-19(17)28(3)18(14)12-6-8-13(9-7-12)30-11(2)27-29(4)21(30)33/h6-10H,5H2,1-4H3,(H,31,32). The lowest BCUT2D eigenvalue weighted by molar-refractivity contribution is -0.141. The first-order valence-corrected chi connectivity index (χ1v) is 10.0. The van der Waals surface area contributed by atoms with Crippen LogP contribution in [0.25, 0.3) is 28.0 Å². The van der Waals surface area contributed by atoms with Crippen LogP contribution in [-0.2, 0) is 26.7 Å². The number of benzene rings is 1. The van der Waals surface area contributed by atoms with Gasteiger partial charge in [-0.1, -0.05) is 19.1 Å². The summed E-state index contributed by atoms with van der Waals surface area (Å²) in [4.78, 5) is 27.9. The normalized spacial score (nSPS) is 12.0. The largest absolute Gasteiger partial charge is 0.478 e. The lowest BCUT2D eigenvalue weighted by Crippen LogP contribution is -2.21. The van der Waals surface area contributed by atoms with Gasteiger partial charge in [-0.25, -0.2) is 23.8 Å². The van der Waals surface area contributed by atoms with Crippen LogP contribution in [-0.4, -0.2) is 35.0 Å². The Balaban J connectivity index is 1.96. The maximum Gasteiger partial charge on any atom is 0.433 e. The Morgan fingerprint density at radius 2 is 1.79 bits per heavy atom. The molecule has 1 aromatic carbocycles. The van der Waals surface area contributed by atoms with Gasteiger partial charge in [-0.05, 0) is 42.7 Å². The van der Waals surface area contributed by atoms with Crippen molar-refractivity contribution in [3.8, 4) is 16.9 Å². The molecular formula is C22H20F3N5O3. The molecule has 11 heteroatoms. The maximum atomic E-state index is 13.4. The molecule has 0 bridgehead atoms. The summed E-state index contributed by atoms with van der Waals surface area (Å²) in [6.07, 6.45) is -4.41. The van der Waals surface area contributed by atoms with Crippen LogP contribution in [0.15, 0.2) is 35.1 Å². The molecule has 3 aromatic heterocycles. The molecule has 1 N–H and O–H groups in total. The minimum atomic E-state index is -4.79. The first kappa shape index (κ1) is 22.3. The zero-order chi connectivity index (χ0) is 24.2. The molecule has 0 atom stereocenters. The zero-order valence-corrected chi connectivity index (χ0v) is 18.2. The SMILES string of the molecule is CCc1c(-c2ccc(-n3c(C)nn(C)c3=O)cc2)n(C)c2nc(C(F)(F)F)cc(C(=O)O)c12. The number of hydrogen-bond acceptors (Lipinski definition) is 4. The third-order valence-electron chi connectivity index (χ3n) is 5.60. The highest BCUT2D eigenvalue weighted by Crippen LogP contribution is 2.38. The molecule has 8 nitrogen and oxygen atoms in total. The number of pyridine rings is 1. The Morgan fingerprint density at radius 1 is 1.15 bits per heavy atom. The Kier molecular flexibility index (Phi) is 5.14. The Bertz CT molecular complexity index is 1460. The number of halogens is 3. The predicted octanol–water partition coefficient (Wildman–Crippen LogP) is 3.71. The highest BCUT2D eigenvalue weighted by molar-refractivity contribution is 6.06. The fourth-order valence-electron chi connectivity index (χ4n) is 4.18. The first-order chi connectivity index (χ1) is 15.5. The lowest BCUT2D eigenvalue weighted by Gasteiger charge is -2.09. The summed E-state index contributed by atoms with van der Waals surface area (Å²) >= 11 is 0. The molecule has 0 saturated heterocycles. The second-order valence-corrected chi connectivity index (χ2v) is 7.63. The summed E-state index contributed by atoms with van der Waals surface area (Å²) in [5.41, 5.74) is 0.290. The Labute approximate surface area is 185 Å². The van der Waals surface area contributed by atoms with Crippen LogP contribution in [0, 0.1) is 6.92 Å². The van der Waals surface area contributed by atoms with Crippen LogP contribution >= 0.6 is 0 Å². The van der Waals surface area contributed by atoms with Gasteiger partial charge >= 0.3 is 17.8 Å². The molecule has 4 aromatic rings. The van der Waals surface area contributed by atoms with Crippen molar-refractivity contribution < 1.29 is 23.1 Å². The molecule has 33 heavy (non-hydrogen) atoms. The maximum absolute atomic E-state index is 13.4. The molecule has 0 fully saturated rings. The van der Waals surface area contributed by atoms with Crippen LogP contribution in [0.5, 0.6) is 0 Å². The predicted molar refractivity (Wildman–Crippen MR) is 115 cm³/mol. The number of fused-ring (bicyclic) bond motifs is 1. The average molecular weight is 459 g/mol. The molecule has 0 unspecified atom stereocenters. The van der Waals surface area contributed by atoms with Gasteiger partial charge in [-0.2, -0.15) is 18.3 Å². The number of aromatic carboxylic acids is 1. The van der Waals surface area contributed by atoms with Crippen molar-refractivity contribution >= 4 is 17.0 Å². The van der Waals surface area contributed by atoms with Crippen molar-refractivity contribution in [2.75, 3.05) is 0 Å². The van der Waals surface area contributed by atoms with Crippen molar-refractivity contribution in [3.05, 3.63) is 63.5 Å². The Morgan fingerprint density at radius 3 is 2.27 bits per heavy atom. The van der Waals surface area contributed by atoms with Crippen LogP contribution in [0.1, 0.15) is 34.4 Å². The third-order valence-corrected chi connectivity index (χ3v) is 5.60. The van der Waals surface area contributed by atoms with Crippen LogP contribution in [0.3, 0.4) is 0 Å². The molecule has 0 aliphatic heterocycles. The van der Waals surface area contributed by atoms with E-state index in [4.69, 9.17) is 0 Å². The number of alkyl halides is 3. The van der Waals surface area contributed by atoms with Crippen molar-refractivity contribution in [2.24, 2.45) is 14.1 Å². The van der Waals surface area contributed by atoms with Crippen molar-refractivity contribution in [3.63, 3.8) is 0 Å². The smallest absolute Gasteiger partial charge is 0.433 e. The van der Waals surface area contributed by atoms with Gasteiger partial charge in [0.1, 0.15) is 17.2 Å². The van der Waals surface area contributed by atoms with E-state index >= 15 is 0 Å². The van der Waals surface area contributed by atoms with Crippen molar-refractivity contribution in [1.29, 1.82) is 0 Å². The van der Waals surface area contributed by atoms with E-state index in [1.165, 1.54) is 13.8 Å². The monoisotopic (exact) mass is 459 g/mol. The number of aryl methyl sites for hydroxylation is 4. The third kappa shape index (κ3) is 3.49. The van der Waals surface area contributed by atoms with Crippen LogP contribution < -0.4 is 5.69 Å². The Hall–Kier alpha value is -3.89. The van der Waals surface area contributed by atoms with E-state index in [1.54, 1.807) is 52.2 Å². The molecule has 3 heterocycles. The van der Waals surface area contributed by atoms with E-state index < -0.39 is 23.4 Å². The summed E-state index contributed by atoms with van der Waals surface area (Å²) in [7, 11) is 3.10. The quantitative estimate of drug-likeness (QED) is 0.502. The van der Waals surface area contributed by atoms with Gasteiger partial charge in [-0.15, -0.1) is 0 Å². The summed E-state index contributed by atoms with van der Waals surface area (Å²) in [6, 6.07) is 7.44. The zero-order valence-electron chi connectivity index (χ0n) is 18.2. The van der Waals surface area contributed by atoms with Crippen molar-refractivity contribution in [2.45, 2.75) is 26.4 Å². The van der Waals surface area contributed by atoms with E-state index in [0.717, 1.165) is 0 Å². The molecule has 172 valence electrons. The van der Waals surface area contributed by atoms with E-state index in [2.05, 4.69) is 10.1 Å². The average Bonchev–Trinajstić information content (AvgIpc) is 3.18. The second-order valence-electron chi connectivity index (χ2n) is 7.63. The minimum absolute atomic E-state index is 0.0579. The lowest BCUT2D eigenvalue weighted by atomic mass is 10.0. The molecule has 0 amide bonds. The molecule has 0 aliphatic rings. The van der Waals surface area contributed by atoms with E-state index in [0.29, 0.717) is 40.8 Å². The number of rotatable bonds is 4. The number of aromatic nitrogens is 5. The second kappa shape index (κ2) is 7.61. The van der Waals surface area contributed by atoms with Gasteiger partial charge in [0.2, 0.25) is 0 Å². The number of nitrogens with zero attached hydrogens (tertiary/aromatic N) is 5. The van der Waals surface area contributed by atoms with E-state index in [9.17, 15) is 27.9 Å². The number of carbonyl (C=O) groups is 1. The molecule has 4 rings (SSSR count). The summed E-state index contributed by atoms with van der Waals surface area (Å²) < 4.78 is 44.3. The van der Waals surface area contributed by atoms with E-state index in [-0.39, 0.29) is 16.7 Å². The number of carboxylic acid groups (broad SMARTS) is 1. The van der Waals surface area contributed by atoms with Crippen LogP contribution in [0.4, 0.5) is 13.2 Å². The highest BCUT2D eigenvalue weighted by Gasteiger charge is 2.35.